The van der Waals surface area contributed by atoms with Crippen molar-refractivity contribution in [3.05, 3.63) is 35.4 Å². The highest BCUT2D eigenvalue weighted by Gasteiger charge is 2.25. The van der Waals surface area contributed by atoms with Crippen molar-refractivity contribution in [1.29, 1.82) is 0 Å². The first-order valence-electron chi connectivity index (χ1n) is 7.99. The summed E-state index contributed by atoms with van der Waals surface area (Å²) >= 11 is 0. The van der Waals surface area contributed by atoms with E-state index in [2.05, 4.69) is 65.8 Å². The summed E-state index contributed by atoms with van der Waals surface area (Å²) < 4.78 is 0. The minimum Gasteiger partial charge on any atom is -0.0625 e. The molecule has 2 atom stereocenters. The molecule has 1 aromatic carbocycles. The maximum absolute atomic E-state index is 2.40. The van der Waals surface area contributed by atoms with Crippen molar-refractivity contribution in [3.8, 4) is 0 Å². The van der Waals surface area contributed by atoms with Crippen molar-refractivity contribution in [2.75, 3.05) is 0 Å². The second-order valence-corrected chi connectivity index (χ2v) is 6.83. The van der Waals surface area contributed by atoms with Gasteiger partial charge in [-0.25, -0.2) is 0 Å². The highest BCUT2D eigenvalue weighted by Crippen LogP contribution is 2.35. The SMILES string of the molecule is CC(C)C1CCCC1C.Cc1ccccc1C(C)C. The van der Waals surface area contributed by atoms with Gasteiger partial charge in [-0.05, 0) is 48.1 Å². The zero-order valence-electron chi connectivity index (χ0n) is 13.7. The summed E-state index contributed by atoms with van der Waals surface area (Å²) in [4.78, 5) is 0. The Morgan fingerprint density at radius 2 is 1.63 bits per heavy atom. The fraction of sp³-hybridized carbons (Fsp3) is 0.684. The third kappa shape index (κ3) is 5.01. The third-order valence-corrected chi connectivity index (χ3v) is 4.59. The average Bonchev–Trinajstić information content (AvgIpc) is 2.76. The van der Waals surface area contributed by atoms with Crippen LogP contribution in [0, 0.1) is 24.7 Å². The molecule has 1 aliphatic carbocycles. The molecule has 0 aliphatic heterocycles. The van der Waals surface area contributed by atoms with E-state index in [4.69, 9.17) is 0 Å². The molecular weight excluding hydrogens is 228 g/mol. The molecule has 1 aliphatic rings. The van der Waals surface area contributed by atoms with Gasteiger partial charge >= 0.3 is 0 Å². The summed E-state index contributed by atoms with van der Waals surface area (Å²) in [6, 6.07) is 8.54. The maximum atomic E-state index is 2.40. The largest absolute Gasteiger partial charge is 0.0625 e. The van der Waals surface area contributed by atoms with Crippen molar-refractivity contribution < 1.29 is 0 Å². The molecule has 1 aromatic rings. The summed E-state index contributed by atoms with van der Waals surface area (Å²) in [5.74, 6) is 3.61. The fourth-order valence-electron chi connectivity index (χ4n) is 3.40. The Balaban J connectivity index is 0.000000191. The minimum atomic E-state index is 0.654. The van der Waals surface area contributed by atoms with Gasteiger partial charge in [-0.1, -0.05) is 71.7 Å². The lowest BCUT2D eigenvalue weighted by Gasteiger charge is -2.18. The molecule has 0 heteroatoms. The molecule has 2 rings (SSSR count). The topological polar surface area (TPSA) is 0 Å². The molecule has 0 nitrogen and oxygen atoms in total. The van der Waals surface area contributed by atoms with Crippen LogP contribution in [0.1, 0.15) is 70.9 Å². The monoisotopic (exact) mass is 260 g/mol. The Bertz CT molecular complexity index is 362. The van der Waals surface area contributed by atoms with Crippen molar-refractivity contribution in [2.45, 2.75) is 66.7 Å². The van der Waals surface area contributed by atoms with Gasteiger partial charge in [0, 0.05) is 0 Å². The van der Waals surface area contributed by atoms with E-state index in [-0.39, 0.29) is 0 Å². The lowest BCUT2D eigenvalue weighted by atomic mass is 9.87. The van der Waals surface area contributed by atoms with Crippen LogP contribution in [0.25, 0.3) is 0 Å². The van der Waals surface area contributed by atoms with Crippen LogP contribution in [0.5, 0.6) is 0 Å². The van der Waals surface area contributed by atoms with Gasteiger partial charge in [0.2, 0.25) is 0 Å². The van der Waals surface area contributed by atoms with Crippen molar-refractivity contribution in [2.24, 2.45) is 17.8 Å². The highest BCUT2D eigenvalue weighted by molar-refractivity contribution is 5.27. The maximum Gasteiger partial charge on any atom is -0.0216 e. The molecule has 1 fully saturated rings. The van der Waals surface area contributed by atoms with Crippen molar-refractivity contribution in [1.82, 2.24) is 0 Å². The summed E-state index contributed by atoms with van der Waals surface area (Å²) in [6.07, 6.45) is 4.44. The second-order valence-electron chi connectivity index (χ2n) is 6.83. The van der Waals surface area contributed by atoms with Gasteiger partial charge in [-0.2, -0.15) is 0 Å². The quantitative estimate of drug-likeness (QED) is 0.594. The molecule has 0 amide bonds. The predicted molar refractivity (Wildman–Crippen MR) is 86.6 cm³/mol. The third-order valence-electron chi connectivity index (χ3n) is 4.59. The van der Waals surface area contributed by atoms with Crippen LogP contribution in [0.4, 0.5) is 0 Å². The van der Waals surface area contributed by atoms with Gasteiger partial charge in [0.15, 0.2) is 0 Å². The highest BCUT2D eigenvalue weighted by atomic mass is 14.3. The van der Waals surface area contributed by atoms with E-state index in [1.807, 2.05) is 0 Å². The van der Waals surface area contributed by atoms with Gasteiger partial charge in [-0.3, -0.25) is 0 Å². The van der Waals surface area contributed by atoms with Crippen molar-refractivity contribution >= 4 is 0 Å². The standard InChI is InChI=1S/C10H14.C9H18/c1-8(2)10-7-5-4-6-9(10)3;1-7(2)9-6-4-5-8(9)3/h4-8H,1-3H3;7-9H,4-6H2,1-3H3. The van der Waals surface area contributed by atoms with E-state index >= 15 is 0 Å². The van der Waals surface area contributed by atoms with E-state index in [0.717, 1.165) is 17.8 Å². The first-order valence-corrected chi connectivity index (χ1v) is 7.99. The van der Waals surface area contributed by atoms with Crippen LogP contribution >= 0.6 is 0 Å². The number of rotatable bonds is 2. The van der Waals surface area contributed by atoms with Crippen LogP contribution < -0.4 is 0 Å². The molecular formula is C19H32. The van der Waals surface area contributed by atoms with Gasteiger partial charge in [0.1, 0.15) is 0 Å². The molecule has 1 saturated carbocycles. The molecule has 0 bridgehead atoms. The van der Waals surface area contributed by atoms with E-state index in [0.29, 0.717) is 5.92 Å². The zero-order valence-corrected chi connectivity index (χ0v) is 13.7. The Morgan fingerprint density at radius 3 is 1.95 bits per heavy atom. The summed E-state index contributed by atoms with van der Waals surface area (Å²) in [5, 5.41) is 0. The fourth-order valence-corrected chi connectivity index (χ4v) is 3.40. The summed E-state index contributed by atoms with van der Waals surface area (Å²) in [7, 11) is 0. The van der Waals surface area contributed by atoms with E-state index in [1.54, 1.807) is 0 Å². The Kier molecular flexibility index (Phi) is 6.62. The van der Waals surface area contributed by atoms with Crippen LogP contribution in [-0.4, -0.2) is 0 Å². The van der Waals surface area contributed by atoms with Crippen LogP contribution in [0.2, 0.25) is 0 Å². The lowest BCUT2D eigenvalue weighted by Crippen LogP contribution is -2.10. The lowest BCUT2D eigenvalue weighted by molar-refractivity contribution is 0.314. The normalized spacial score (nSPS) is 22.5. The van der Waals surface area contributed by atoms with E-state index in [9.17, 15) is 0 Å². The van der Waals surface area contributed by atoms with Gasteiger partial charge in [0.25, 0.3) is 0 Å². The molecule has 0 heterocycles. The Morgan fingerprint density at radius 1 is 1.00 bits per heavy atom. The number of hydrogen-bond donors (Lipinski definition) is 0. The number of benzene rings is 1. The van der Waals surface area contributed by atoms with Crippen LogP contribution in [0.3, 0.4) is 0 Å². The summed E-state index contributed by atoms with van der Waals surface area (Å²) in [5.41, 5.74) is 2.86. The molecule has 0 saturated heterocycles. The molecule has 0 N–H and O–H groups in total. The minimum absolute atomic E-state index is 0.654. The molecule has 2 unspecified atom stereocenters. The number of aryl methyl sites for hydroxylation is 1. The zero-order chi connectivity index (χ0) is 14.4. The predicted octanol–water partition coefficient (Wildman–Crippen LogP) is 6.20. The first kappa shape index (κ1) is 16.3. The molecule has 19 heavy (non-hydrogen) atoms. The molecule has 108 valence electrons. The second kappa shape index (κ2) is 7.72. The summed E-state index contributed by atoms with van der Waals surface area (Å²) in [6.45, 7) is 13.7. The first-order chi connectivity index (χ1) is 8.93. The average molecular weight is 260 g/mol. The Labute approximate surface area is 120 Å². The Hall–Kier alpha value is -0.780. The van der Waals surface area contributed by atoms with Gasteiger partial charge in [-0.15, -0.1) is 0 Å². The van der Waals surface area contributed by atoms with Gasteiger partial charge in [0.05, 0.1) is 0 Å². The molecule has 0 aromatic heterocycles. The smallest absolute Gasteiger partial charge is 0.0216 e. The molecule has 0 spiro atoms. The molecule has 0 radical (unpaired) electrons. The number of hydrogen-bond acceptors (Lipinski definition) is 0. The van der Waals surface area contributed by atoms with Gasteiger partial charge < -0.3 is 0 Å². The van der Waals surface area contributed by atoms with E-state index in [1.165, 1.54) is 30.4 Å². The van der Waals surface area contributed by atoms with Crippen LogP contribution in [-0.2, 0) is 0 Å². The van der Waals surface area contributed by atoms with Crippen molar-refractivity contribution in [3.63, 3.8) is 0 Å². The van der Waals surface area contributed by atoms with E-state index < -0.39 is 0 Å². The van der Waals surface area contributed by atoms with Crippen LogP contribution in [0.15, 0.2) is 24.3 Å².